The summed E-state index contributed by atoms with van der Waals surface area (Å²) < 4.78 is 7.20. The molecule has 3 aliphatic rings. The Balaban J connectivity index is 1.18. The van der Waals surface area contributed by atoms with Gasteiger partial charge in [0.25, 0.3) is 0 Å². The van der Waals surface area contributed by atoms with E-state index in [1.54, 1.807) is 10.9 Å². The fourth-order valence-corrected chi connectivity index (χ4v) is 5.91. The summed E-state index contributed by atoms with van der Waals surface area (Å²) in [6, 6.07) is 2.66. The lowest BCUT2D eigenvalue weighted by Crippen LogP contribution is -2.59. The average Bonchev–Trinajstić information content (AvgIpc) is 3.44. The topological polar surface area (TPSA) is 129 Å². The van der Waals surface area contributed by atoms with Gasteiger partial charge < -0.3 is 20.3 Å². The predicted octanol–water partition coefficient (Wildman–Crippen LogP) is 1.79. The van der Waals surface area contributed by atoms with Crippen molar-refractivity contribution >= 4 is 34.5 Å². The van der Waals surface area contributed by atoms with Crippen molar-refractivity contribution in [3.05, 3.63) is 18.0 Å². The molecule has 192 valence electrons. The van der Waals surface area contributed by atoms with Crippen molar-refractivity contribution in [2.24, 2.45) is 7.05 Å². The van der Waals surface area contributed by atoms with E-state index in [1.165, 1.54) is 6.42 Å². The fraction of sp³-hybridized carbons (Fsp3) is 0.625. The third-order valence-electron chi connectivity index (χ3n) is 7.60. The molecule has 0 aliphatic carbocycles. The Kier molecular flexibility index (Phi) is 6.22. The highest BCUT2D eigenvalue weighted by Crippen LogP contribution is 2.35. The Labute approximate surface area is 209 Å². The largest absolute Gasteiger partial charge is 0.379 e. The number of hydrogen-bond acceptors (Lipinski definition) is 9. The second-order valence-electron chi connectivity index (χ2n) is 10.2. The van der Waals surface area contributed by atoms with Gasteiger partial charge in [-0.1, -0.05) is 0 Å². The number of hydrogen-bond donors (Lipinski definition) is 3. The van der Waals surface area contributed by atoms with Gasteiger partial charge in [0.15, 0.2) is 11.5 Å². The van der Waals surface area contributed by atoms with Crippen LogP contribution in [0.2, 0.25) is 0 Å². The van der Waals surface area contributed by atoms with Crippen LogP contribution in [0.25, 0.3) is 11.0 Å². The molecule has 0 spiro atoms. The summed E-state index contributed by atoms with van der Waals surface area (Å²) in [5.41, 5.74) is 1.72. The van der Waals surface area contributed by atoms with Gasteiger partial charge in [-0.15, -0.1) is 0 Å². The number of amides is 1. The molecule has 3 aromatic heterocycles. The molecule has 0 aromatic carbocycles. The Morgan fingerprint density at radius 2 is 1.97 bits per heavy atom. The lowest BCUT2D eigenvalue weighted by atomic mass is 9.81. The van der Waals surface area contributed by atoms with Crippen LogP contribution in [0.4, 0.5) is 17.6 Å². The number of ether oxygens (including phenoxy) is 1. The number of carbonyl (C=O) groups excluding carboxylic acids is 1. The van der Waals surface area contributed by atoms with Gasteiger partial charge >= 0.3 is 0 Å². The molecule has 0 saturated carbocycles. The lowest BCUT2D eigenvalue weighted by Gasteiger charge is -2.49. The number of aryl methyl sites for hydroxylation is 2. The van der Waals surface area contributed by atoms with Crippen molar-refractivity contribution < 1.29 is 9.53 Å². The number of H-pyrrole nitrogens is 1. The van der Waals surface area contributed by atoms with Crippen molar-refractivity contribution in [3.8, 4) is 0 Å². The smallest absolute Gasteiger partial charge is 0.237 e. The van der Waals surface area contributed by atoms with E-state index >= 15 is 0 Å². The second kappa shape index (κ2) is 9.66. The fourth-order valence-electron chi connectivity index (χ4n) is 5.91. The summed E-state index contributed by atoms with van der Waals surface area (Å²) in [6.45, 7) is 5.55. The van der Waals surface area contributed by atoms with Crippen LogP contribution in [-0.4, -0.2) is 96.6 Å². The third kappa shape index (κ3) is 4.62. The zero-order valence-corrected chi connectivity index (χ0v) is 20.9. The van der Waals surface area contributed by atoms with Gasteiger partial charge in [0.05, 0.1) is 31.3 Å². The normalized spacial score (nSPS) is 24.7. The maximum atomic E-state index is 13.3. The first-order chi connectivity index (χ1) is 17.5. The van der Waals surface area contributed by atoms with Crippen LogP contribution in [0.3, 0.4) is 0 Å². The molecule has 2 unspecified atom stereocenters. The summed E-state index contributed by atoms with van der Waals surface area (Å²) >= 11 is 0. The monoisotopic (exact) mass is 494 g/mol. The van der Waals surface area contributed by atoms with Crippen LogP contribution in [-0.2, 0) is 16.6 Å². The SMILES string of the molecule is Cc1cc(Nc2nc(NC3CC4CCCC(C3)N4C(=O)CN3CCOCC3)nc3c2cnn3C)n[nH]1. The molecule has 36 heavy (non-hydrogen) atoms. The molecule has 6 rings (SSSR count). The van der Waals surface area contributed by atoms with Gasteiger partial charge in [0.2, 0.25) is 11.9 Å². The molecule has 3 aromatic rings. The van der Waals surface area contributed by atoms with E-state index in [9.17, 15) is 4.79 Å². The van der Waals surface area contributed by atoms with Crippen LogP contribution < -0.4 is 10.6 Å². The molecule has 12 heteroatoms. The minimum absolute atomic E-state index is 0.207. The third-order valence-corrected chi connectivity index (χ3v) is 7.60. The van der Waals surface area contributed by atoms with E-state index in [-0.39, 0.29) is 24.0 Å². The van der Waals surface area contributed by atoms with E-state index in [4.69, 9.17) is 14.7 Å². The van der Waals surface area contributed by atoms with Gasteiger partial charge in [-0.25, -0.2) is 0 Å². The van der Waals surface area contributed by atoms with Crippen LogP contribution in [0, 0.1) is 6.92 Å². The minimum Gasteiger partial charge on any atom is -0.379 e. The minimum atomic E-state index is 0.207. The lowest BCUT2D eigenvalue weighted by molar-refractivity contribution is -0.143. The number of nitrogens with one attached hydrogen (secondary N) is 3. The van der Waals surface area contributed by atoms with Crippen LogP contribution in [0.15, 0.2) is 12.3 Å². The summed E-state index contributed by atoms with van der Waals surface area (Å²) in [5, 5.41) is 19.3. The molecule has 12 nitrogen and oxygen atoms in total. The van der Waals surface area contributed by atoms with Crippen molar-refractivity contribution in [1.29, 1.82) is 0 Å². The molecule has 3 N–H and O–H groups in total. The number of carbonyl (C=O) groups is 1. The number of nitrogens with zero attached hydrogens (tertiary/aromatic N) is 7. The molecular weight excluding hydrogens is 460 g/mol. The van der Waals surface area contributed by atoms with E-state index < -0.39 is 0 Å². The molecule has 0 radical (unpaired) electrons. The van der Waals surface area contributed by atoms with E-state index in [2.05, 4.69) is 35.7 Å². The van der Waals surface area contributed by atoms with Crippen molar-refractivity contribution in [3.63, 3.8) is 0 Å². The van der Waals surface area contributed by atoms with Crippen molar-refractivity contribution in [2.75, 3.05) is 43.5 Å². The summed E-state index contributed by atoms with van der Waals surface area (Å²) in [6.07, 6.45) is 6.85. The standard InChI is InChI=1S/C24H34N10O2/c1-15-10-20(31-30-15)27-22-19-13-25-32(2)23(19)29-24(28-22)26-16-11-17-4-3-5-18(12-16)34(17)21(35)14-33-6-8-36-9-7-33/h10,13,16-18H,3-9,11-12,14H2,1-2H3,(H3,26,27,28,29,30,31). The Morgan fingerprint density at radius 3 is 2.69 bits per heavy atom. The molecule has 3 saturated heterocycles. The van der Waals surface area contributed by atoms with Gasteiger partial charge in [-0.2, -0.15) is 20.2 Å². The van der Waals surface area contributed by atoms with Gasteiger partial charge in [-0.3, -0.25) is 19.5 Å². The second-order valence-corrected chi connectivity index (χ2v) is 10.2. The quantitative estimate of drug-likeness (QED) is 0.470. The molecule has 2 bridgehead atoms. The van der Waals surface area contributed by atoms with Crippen molar-refractivity contribution in [2.45, 2.75) is 57.2 Å². The van der Waals surface area contributed by atoms with Crippen molar-refractivity contribution in [1.82, 2.24) is 39.7 Å². The van der Waals surface area contributed by atoms with Gasteiger partial charge in [0, 0.05) is 50.0 Å². The first kappa shape index (κ1) is 23.2. The molecule has 1 amide bonds. The van der Waals surface area contributed by atoms with Crippen LogP contribution in [0.5, 0.6) is 0 Å². The number of rotatable bonds is 6. The highest BCUT2D eigenvalue weighted by Gasteiger charge is 2.41. The maximum absolute atomic E-state index is 13.3. The Hall–Kier alpha value is -3.25. The molecule has 3 fully saturated rings. The number of aromatic amines is 1. The number of morpholine rings is 1. The predicted molar refractivity (Wildman–Crippen MR) is 135 cm³/mol. The molecule has 3 aliphatic heterocycles. The molecule has 2 atom stereocenters. The average molecular weight is 495 g/mol. The number of aromatic nitrogens is 6. The number of piperidine rings is 2. The first-order valence-electron chi connectivity index (χ1n) is 12.9. The molecule has 6 heterocycles. The maximum Gasteiger partial charge on any atom is 0.237 e. The summed E-state index contributed by atoms with van der Waals surface area (Å²) in [4.78, 5) is 27.3. The van der Waals surface area contributed by atoms with E-state index in [0.29, 0.717) is 37.3 Å². The number of anilines is 3. The van der Waals surface area contributed by atoms with E-state index in [1.807, 2.05) is 20.0 Å². The Bertz CT molecular complexity index is 1220. The van der Waals surface area contributed by atoms with Gasteiger partial charge in [-0.05, 0) is 39.0 Å². The van der Waals surface area contributed by atoms with Gasteiger partial charge in [0.1, 0.15) is 5.82 Å². The highest BCUT2D eigenvalue weighted by molar-refractivity contribution is 5.89. The Morgan fingerprint density at radius 1 is 1.19 bits per heavy atom. The zero-order chi connectivity index (χ0) is 24.6. The highest BCUT2D eigenvalue weighted by atomic mass is 16.5. The van der Waals surface area contributed by atoms with Crippen LogP contribution >= 0.6 is 0 Å². The first-order valence-corrected chi connectivity index (χ1v) is 12.9. The summed E-state index contributed by atoms with van der Waals surface area (Å²) in [5.74, 6) is 2.19. The zero-order valence-electron chi connectivity index (χ0n) is 20.9. The van der Waals surface area contributed by atoms with Crippen LogP contribution in [0.1, 0.15) is 37.8 Å². The number of fused-ring (bicyclic) bond motifs is 3. The molecular formula is C24H34N10O2. The summed E-state index contributed by atoms with van der Waals surface area (Å²) in [7, 11) is 1.88. The van der Waals surface area contributed by atoms with E-state index in [0.717, 1.165) is 55.5 Å².